The molecule has 1 heterocycles. The lowest BCUT2D eigenvalue weighted by Crippen LogP contribution is -2.19. The van der Waals surface area contributed by atoms with Crippen LogP contribution < -0.4 is 0 Å². The molecule has 1 aromatic rings. The van der Waals surface area contributed by atoms with E-state index in [1.54, 1.807) is 22.3 Å². The molecule has 1 unspecified atom stereocenters. The summed E-state index contributed by atoms with van der Waals surface area (Å²) in [4.78, 5) is 0. The van der Waals surface area contributed by atoms with Gasteiger partial charge in [-0.1, -0.05) is 68.6 Å². The molecular formula is C17H23Si. The van der Waals surface area contributed by atoms with E-state index in [0.29, 0.717) is 5.92 Å². The first-order chi connectivity index (χ1) is 8.68. The third-order valence-corrected chi connectivity index (χ3v) is 8.16. The van der Waals surface area contributed by atoms with Crippen LogP contribution in [0.15, 0.2) is 23.8 Å². The Morgan fingerprint density at radius 1 is 1.17 bits per heavy atom. The van der Waals surface area contributed by atoms with E-state index in [2.05, 4.69) is 45.0 Å². The average molecular weight is 255 g/mol. The van der Waals surface area contributed by atoms with Crippen molar-refractivity contribution in [1.29, 1.82) is 0 Å². The van der Waals surface area contributed by atoms with Gasteiger partial charge in [-0.3, -0.25) is 0 Å². The molecule has 1 aliphatic heterocycles. The van der Waals surface area contributed by atoms with Gasteiger partial charge in [-0.2, -0.15) is 0 Å². The first-order valence-electron chi connectivity index (χ1n) is 7.34. The highest BCUT2D eigenvalue weighted by atomic mass is 28.3. The van der Waals surface area contributed by atoms with E-state index < -0.39 is 0 Å². The fourth-order valence-electron chi connectivity index (χ4n) is 3.74. The zero-order valence-corrected chi connectivity index (χ0v) is 12.8. The van der Waals surface area contributed by atoms with Crippen molar-refractivity contribution in [3.05, 3.63) is 40.5 Å². The highest BCUT2D eigenvalue weighted by molar-refractivity contribution is 6.62. The van der Waals surface area contributed by atoms with E-state index in [1.165, 1.54) is 24.9 Å². The van der Waals surface area contributed by atoms with E-state index in [-0.39, 0.29) is 8.80 Å². The molecule has 2 aliphatic rings. The molecule has 95 valence electrons. The van der Waals surface area contributed by atoms with Gasteiger partial charge in [-0.25, -0.2) is 0 Å². The van der Waals surface area contributed by atoms with Crippen LogP contribution >= 0.6 is 0 Å². The van der Waals surface area contributed by atoms with Crippen molar-refractivity contribution in [2.75, 3.05) is 0 Å². The van der Waals surface area contributed by atoms with Gasteiger partial charge in [0.15, 0.2) is 0 Å². The Hall–Kier alpha value is -0.823. The lowest BCUT2D eigenvalue weighted by Gasteiger charge is -2.21. The van der Waals surface area contributed by atoms with Gasteiger partial charge in [0.05, 0.1) is 8.80 Å². The second kappa shape index (κ2) is 4.69. The van der Waals surface area contributed by atoms with Gasteiger partial charge >= 0.3 is 0 Å². The smallest absolute Gasteiger partial charge is 0.0616 e. The molecular weight excluding hydrogens is 232 g/mol. The SMILES string of the molecule is CC1=Cc2c(C(C)C)cccc2C1[Si]1CCCC1. The van der Waals surface area contributed by atoms with Gasteiger partial charge in [0, 0.05) is 0 Å². The molecule has 0 nitrogen and oxygen atoms in total. The molecule has 1 radical (unpaired) electrons. The van der Waals surface area contributed by atoms with Crippen LogP contribution in [0.5, 0.6) is 0 Å². The van der Waals surface area contributed by atoms with Crippen molar-refractivity contribution in [3.63, 3.8) is 0 Å². The van der Waals surface area contributed by atoms with E-state index >= 15 is 0 Å². The predicted molar refractivity (Wildman–Crippen MR) is 81.5 cm³/mol. The Balaban J connectivity index is 2.04. The van der Waals surface area contributed by atoms with Crippen molar-refractivity contribution in [2.45, 2.75) is 57.2 Å². The molecule has 0 aromatic heterocycles. The Morgan fingerprint density at radius 2 is 1.89 bits per heavy atom. The van der Waals surface area contributed by atoms with Gasteiger partial charge in [0.25, 0.3) is 0 Å². The number of rotatable bonds is 2. The van der Waals surface area contributed by atoms with Gasteiger partial charge in [0.2, 0.25) is 0 Å². The Morgan fingerprint density at radius 3 is 2.56 bits per heavy atom. The first-order valence-corrected chi connectivity index (χ1v) is 9.33. The van der Waals surface area contributed by atoms with Crippen LogP contribution in [0, 0.1) is 0 Å². The highest BCUT2D eigenvalue weighted by Crippen LogP contribution is 2.44. The van der Waals surface area contributed by atoms with Crippen molar-refractivity contribution in [1.82, 2.24) is 0 Å². The average Bonchev–Trinajstić information content (AvgIpc) is 2.93. The van der Waals surface area contributed by atoms with Gasteiger partial charge in [-0.05, 0) is 35.1 Å². The minimum absolute atomic E-state index is 0.160. The zero-order valence-electron chi connectivity index (χ0n) is 11.8. The summed E-state index contributed by atoms with van der Waals surface area (Å²) in [6.07, 6.45) is 5.46. The molecule has 0 spiro atoms. The van der Waals surface area contributed by atoms with Crippen molar-refractivity contribution in [2.24, 2.45) is 0 Å². The summed E-state index contributed by atoms with van der Waals surface area (Å²) in [6.45, 7) is 7.00. The van der Waals surface area contributed by atoms with E-state index in [1.807, 2.05) is 0 Å². The van der Waals surface area contributed by atoms with E-state index in [4.69, 9.17) is 0 Å². The minimum atomic E-state index is -0.160. The normalized spacial score (nSPS) is 23.6. The molecule has 1 aromatic carbocycles. The number of hydrogen-bond donors (Lipinski definition) is 0. The molecule has 0 N–H and O–H groups in total. The Bertz CT molecular complexity index is 478. The number of benzene rings is 1. The van der Waals surface area contributed by atoms with Gasteiger partial charge in [0.1, 0.15) is 0 Å². The molecule has 1 fully saturated rings. The summed E-state index contributed by atoms with van der Waals surface area (Å²) < 4.78 is 0. The summed E-state index contributed by atoms with van der Waals surface area (Å²) in [6, 6.07) is 10.1. The standard InChI is InChI=1S/C17H23Si/c1-12(2)14-7-6-8-15-16(14)11-13(3)17(15)18-9-4-5-10-18/h6-8,11-12,17H,4-5,9-10H2,1-3H3. The molecule has 0 amide bonds. The maximum absolute atomic E-state index is 2.49. The van der Waals surface area contributed by atoms with Crippen LogP contribution in [-0.2, 0) is 0 Å². The monoisotopic (exact) mass is 255 g/mol. The molecule has 0 saturated carbocycles. The van der Waals surface area contributed by atoms with Crippen molar-refractivity contribution >= 4 is 14.9 Å². The Labute approximate surface area is 113 Å². The number of fused-ring (bicyclic) bond motifs is 1. The molecule has 0 bridgehead atoms. The summed E-state index contributed by atoms with van der Waals surface area (Å²) in [5, 5.41) is 0. The summed E-state index contributed by atoms with van der Waals surface area (Å²) >= 11 is 0. The van der Waals surface area contributed by atoms with Crippen LogP contribution in [-0.4, -0.2) is 8.80 Å². The largest absolute Gasteiger partial charge is 0.0682 e. The second-order valence-corrected chi connectivity index (χ2v) is 9.09. The van der Waals surface area contributed by atoms with Crippen molar-refractivity contribution in [3.8, 4) is 0 Å². The second-order valence-electron chi connectivity index (χ2n) is 6.19. The predicted octanol–water partition coefficient (Wildman–Crippen LogP) is 5.14. The third-order valence-electron chi connectivity index (χ3n) is 4.59. The first kappa shape index (κ1) is 12.2. The maximum Gasteiger partial charge on any atom is 0.0616 e. The molecule has 18 heavy (non-hydrogen) atoms. The zero-order chi connectivity index (χ0) is 12.7. The van der Waals surface area contributed by atoms with E-state index in [9.17, 15) is 0 Å². The quantitative estimate of drug-likeness (QED) is 0.642. The van der Waals surface area contributed by atoms with Crippen LogP contribution in [0.3, 0.4) is 0 Å². The molecule has 1 saturated heterocycles. The molecule has 3 rings (SSSR count). The summed E-state index contributed by atoms with van der Waals surface area (Å²) in [7, 11) is -0.160. The molecule has 1 heteroatoms. The summed E-state index contributed by atoms with van der Waals surface area (Å²) in [5.74, 6) is 0.642. The third kappa shape index (κ3) is 1.89. The lowest BCUT2D eigenvalue weighted by atomic mass is 9.95. The number of hydrogen-bond acceptors (Lipinski definition) is 0. The van der Waals surface area contributed by atoms with Crippen LogP contribution in [0.25, 0.3) is 6.08 Å². The van der Waals surface area contributed by atoms with Gasteiger partial charge in [-0.15, -0.1) is 0 Å². The molecule has 1 atom stereocenters. The Kier molecular flexibility index (Phi) is 3.19. The topological polar surface area (TPSA) is 0 Å². The maximum atomic E-state index is 2.49. The lowest BCUT2D eigenvalue weighted by molar-refractivity contribution is 0.861. The fourth-order valence-corrected chi connectivity index (χ4v) is 7.39. The van der Waals surface area contributed by atoms with Crippen LogP contribution in [0.1, 0.15) is 61.8 Å². The van der Waals surface area contributed by atoms with Gasteiger partial charge < -0.3 is 0 Å². The van der Waals surface area contributed by atoms with Crippen molar-refractivity contribution < 1.29 is 0 Å². The van der Waals surface area contributed by atoms with Crippen LogP contribution in [0.4, 0.5) is 0 Å². The number of allylic oxidation sites excluding steroid dienone is 1. The highest BCUT2D eigenvalue weighted by Gasteiger charge is 2.34. The molecule has 1 aliphatic carbocycles. The van der Waals surface area contributed by atoms with Crippen LogP contribution in [0.2, 0.25) is 12.1 Å². The van der Waals surface area contributed by atoms with E-state index in [0.717, 1.165) is 5.54 Å². The minimum Gasteiger partial charge on any atom is -0.0682 e. The fraction of sp³-hybridized carbons (Fsp3) is 0.529. The summed E-state index contributed by atoms with van der Waals surface area (Å²) in [5.41, 5.74) is 7.25.